The van der Waals surface area contributed by atoms with Gasteiger partial charge in [0, 0.05) is 6.42 Å². The summed E-state index contributed by atoms with van der Waals surface area (Å²) in [7, 11) is 0. The molecular formula is C11H17N. The van der Waals surface area contributed by atoms with E-state index < -0.39 is 0 Å². The molecule has 0 saturated carbocycles. The summed E-state index contributed by atoms with van der Waals surface area (Å²) in [6.45, 7) is 0. The zero-order valence-corrected chi connectivity index (χ0v) is 7.68. The third-order valence-electron chi connectivity index (χ3n) is 2.44. The van der Waals surface area contributed by atoms with E-state index in [4.69, 9.17) is 5.26 Å². The summed E-state index contributed by atoms with van der Waals surface area (Å²) in [5.74, 6) is 0. The number of nitriles is 1. The van der Waals surface area contributed by atoms with E-state index in [1.165, 1.54) is 44.1 Å². The van der Waals surface area contributed by atoms with Crippen molar-refractivity contribution in [1.29, 1.82) is 5.26 Å². The Morgan fingerprint density at radius 1 is 1.25 bits per heavy atom. The normalized spacial score (nSPS) is 23.1. The molecule has 1 heteroatoms. The minimum atomic E-state index is 0.700. The molecule has 0 spiro atoms. The molecule has 1 nitrogen and oxygen atoms in total. The molecule has 66 valence electrons. The average Bonchev–Trinajstić information content (AvgIpc) is 2.02. The summed E-state index contributed by atoms with van der Waals surface area (Å²) in [5, 5.41) is 8.45. The van der Waals surface area contributed by atoms with Crippen LogP contribution in [-0.2, 0) is 0 Å². The molecule has 1 aliphatic rings. The van der Waals surface area contributed by atoms with Crippen molar-refractivity contribution in [3.63, 3.8) is 0 Å². The molecule has 0 heterocycles. The Hall–Kier alpha value is -0.770. The van der Waals surface area contributed by atoms with E-state index in [0.717, 1.165) is 6.42 Å². The monoisotopic (exact) mass is 163 g/mol. The Bertz CT molecular complexity index is 186. The smallest absolute Gasteiger partial charge is 0.0625 e. The number of nitrogens with zero attached hydrogens (tertiary/aromatic N) is 1. The molecular weight excluding hydrogens is 146 g/mol. The Morgan fingerprint density at radius 3 is 2.92 bits per heavy atom. The van der Waals surface area contributed by atoms with Crippen LogP contribution in [0.3, 0.4) is 0 Å². The zero-order valence-electron chi connectivity index (χ0n) is 7.68. The highest BCUT2D eigenvalue weighted by Gasteiger charge is 2.00. The van der Waals surface area contributed by atoms with Gasteiger partial charge in [0.25, 0.3) is 0 Å². The maximum absolute atomic E-state index is 8.45. The van der Waals surface area contributed by atoms with Gasteiger partial charge < -0.3 is 0 Å². The highest BCUT2D eigenvalue weighted by Crippen LogP contribution is 2.19. The maximum Gasteiger partial charge on any atom is 0.0625 e. The van der Waals surface area contributed by atoms with Crippen LogP contribution in [0.25, 0.3) is 0 Å². The Labute approximate surface area is 75.1 Å². The van der Waals surface area contributed by atoms with Crippen LogP contribution in [0.1, 0.15) is 51.4 Å². The Kier molecular flexibility index (Phi) is 4.52. The molecule has 0 unspecified atom stereocenters. The van der Waals surface area contributed by atoms with Crippen LogP contribution >= 0.6 is 0 Å². The fourth-order valence-corrected chi connectivity index (χ4v) is 1.70. The fraction of sp³-hybridized carbons (Fsp3) is 0.727. The lowest BCUT2D eigenvalue weighted by Gasteiger charge is -2.09. The summed E-state index contributed by atoms with van der Waals surface area (Å²) in [6.07, 6.45) is 12.0. The van der Waals surface area contributed by atoms with Crippen molar-refractivity contribution in [3.05, 3.63) is 11.6 Å². The van der Waals surface area contributed by atoms with Gasteiger partial charge in [-0.1, -0.05) is 24.5 Å². The Morgan fingerprint density at radius 2 is 2.08 bits per heavy atom. The van der Waals surface area contributed by atoms with Crippen LogP contribution in [0.15, 0.2) is 11.6 Å². The molecule has 0 bridgehead atoms. The lowest BCUT2D eigenvalue weighted by molar-refractivity contribution is 0.615. The van der Waals surface area contributed by atoms with Crippen LogP contribution in [0.2, 0.25) is 0 Å². The quantitative estimate of drug-likeness (QED) is 0.571. The molecule has 0 fully saturated rings. The fourth-order valence-electron chi connectivity index (χ4n) is 1.70. The first-order chi connectivity index (χ1) is 5.93. The molecule has 1 rings (SSSR count). The number of rotatable bonds is 2. The van der Waals surface area contributed by atoms with E-state index in [1.807, 2.05) is 0 Å². The average molecular weight is 163 g/mol. The molecule has 0 aromatic rings. The van der Waals surface area contributed by atoms with Crippen molar-refractivity contribution in [2.75, 3.05) is 0 Å². The highest BCUT2D eigenvalue weighted by atomic mass is 14.2. The molecule has 1 aliphatic carbocycles. The topological polar surface area (TPSA) is 23.8 Å². The van der Waals surface area contributed by atoms with Gasteiger partial charge >= 0.3 is 0 Å². The predicted octanol–water partition coefficient (Wildman–Crippen LogP) is 3.57. The van der Waals surface area contributed by atoms with E-state index >= 15 is 0 Å². The molecule has 0 amide bonds. The van der Waals surface area contributed by atoms with E-state index in [1.54, 1.807) is 0 Å². The molecule has 0 aromatic carbocycles. The number of hydrogen-bond donors (Lipinski definition) is 0. The molecule has 0 aromatic heterocycles. The van der Waals surface area contributed by atoms with Gasteiger partial charge in [0.15, 0.2) is 0 Å². The van der Waals surface area contributed by atoms with Gasteiger partial charge in [0.05, 0.1) is 6.07 Å². The van der Waals surface area contributed by atoms with Crippen LogP contribution in [0.4, 0.5) is 0 Å². The molecule has 12 heavy (non-hydrogen) atoms. The second-order valence-corrected chi connectivity index (χ2v) is 3.47. The number of allylic oxidation sites excluding steroid dienone is 2. The summed E-state index contributed by atoms with van der Waals surface area (Å²) < 4.78 is 0. The van der Waals surface area contributed by atoms with Gasteiger partial charge in [-0.25, -0.2) is 0 Å². The molecule has 0 saturated heterocycles. The minimum absolute atomic E-state index is 0.700. The van der Waals surface area contributed by atoms with Crippen LogP contribution < -0.4 is 0 Å². The Balaban J connectivity index is 2.32. The van der Waals surface area contributed by atoms with Crippen LogP contribution in [0, 0.1) is 11.3 Å². The lowest BCUT2D eigenvalue weighted by Crippen LogP contribution is -1.90. The minimum Gasteiger partial charge on any atom is -0.198 e. The van der Waals surface area contributed by atoms with Gasteiger partial charge in [0.2, 0.25) is 0 Å². The van der Waals surface area contributed by atoms with Gasteiger partial charge in [-0.15, -0.1) is 0 Å². The first kappa shape index (κ1) is 9.32. The van der Waals surface area contributed by atoms with Crippen molar-refractivity contribution in [3.8, 4) is 6.07 Å². The van der Waals surface area contributed by atoms with Gasteiger partial charge in [-0.2, -0.15) is 5.26 Å². The summed E-state index contributed by atoms with van der Waals surface area (Å²) in [4.78, 5) is 0. The highest BCUT2D eigenvalue weighted by molar-refractivity contribution is 5.04. The van der Waals surface area contributed by atoms with Crippen molar-refractivity contribution in [2.24, 2.45) is 0 Å². The third kappa shape index (κ3) is 3.57. The van der Waals surface area contributed by atoms with Crippen molar-refractivity contribution < 1.29 is 0 Å². The lowest BCUT2D eigenvalue weighted by atomic mass is 9.97. The molecule has 0 radical (unpaired) electrons. The van der Waals surface area contributed by atoms with Crippen molar-refractivity contribution in [1.82, 2.24) is 0 Å². The summed E-state index contributed by atoms with van der Waals surface area (Å²) >= 11 is 0. The van der Waals surface area contributed by atoms with Crippen LogP contribution in [0.5, 0.6) is 0 Å². The van der Waals surface area contributed by atoms with Gasteiger partial charge in [-0.3, -0.25) is 0 Å². The van der Waals surface area contributed by atoms with Crippen molar-refractivity contribution in [2.45, 2.75) is 51.4 Å². The zero-order chi connectivity index (χ0) is 8.65. The molecule has 0 aliphatic heterocycles. The third-order valence-corrected chi connectivity index (χ3v) is 2.44. The SMILES string of the molecule is N#CCC/C1=C/CCCCCC1. The molecule has 0 N–H and O–H groups in total. The number of hydrogen-bond acceptors (Lipinski definition) is 1. The van der Waals surface area contributed by atoms with Crippen molar-refractivity contribution >= 4 is 0 Å². The van der Waals surface area contributed by atoms with Gasteiger partial charge in [-0.05, 0) is 32.1 Å². The first-order valence-electron chi connectivity index (χ1n) is 4.98. The molecule has 0 atom stereocenters. The van der Waals surface area contributed by atoms with Gasteiger partial charge in [0.1, 0.15) is 0 Å². The van der Waals surface area contributed by atoms with E-state index in [0.29, 0.717) is 6.42 Å². The largest absolute Gasteiger partial charge is 0.198 e. The first-order valence-corrected chi connectivity index (χ1v) is 4.98. The van der Waals surface area contributed by atoms with E-state index in [-0.39, 0.29) is 0 Å². The van der Waals surface area contributed by atoms with E-state index in [9.17, 15) is 0 Å². The maximum atomic E-state index is 8.45. The van der Waals surface area contributed by atoms with Crippen LogP contribution in [-0.4, -0.2) is 0 Å². The summed E-state index contributed by atoms with van der Waals surface area (Å²) in [5.41, 5.74) is 1.52. The summed E-state index contributed by atoms with van der Waals surface area (Å²) in [6, 6.07) is 2.21. The predicted molar refractivity (Wildman–Crippen MR) is 50.6 cm³/mol. The second-order valence-electron chi connectivity index (χ2n) is 3.47. The standard InChI is InChI=1S/C11H17N/c12-10-6-9-11-7-4-2-1-3-5-8-11/h7H,1-6,8-9H2/b11-7+. The van der Waals surface area contributed by atoms with E-state index in [2.05, 4.69) is 12.1 Å². The second kappa shape index (κ2) is 5.83.